The SMILES string of the molecule is C[Si](C)OC(c1cc(CNCCc2cnc[nH]2)nc(C(=O)O)c1)C(C)(C)C. The van der Waals surface area contributed by atoms with Crippen LogP contribution in [-0.4, -0.2) is 41.6 Å². The van der Waals surface area contributed by atoms with Crippen LogP contribution in [0.1, 0.15) is 54.3 Å². The second-order valence-corrected chi connectivity index (χ2v) is 9.91. The number of carbonyl (C=O) groups is 1. The molecule has 8 heteroatoms. The van der Waals surface area contributed by atoms with Crippen LogP contribution >= 0.6 is 0 Å². The van der Waals surface area contributed by atoms with Gasteiger partial charge in [-0.05, 0) is 36.2 Å². The number of carboxylic acid groups (broad SMARTS) is 1. The van der Waals surface area contributed by atoms with Gasteiger partial charge in [0.25, 0.3) is 0 Å². The molecular formula is C19H29N4O3Si. The number of aromatic carboxylic acids is 1. The molecular weight excluding hydrogens is 360 g/mol. The molecule has 2 heterocycles. The maximum atomic E-state index is 11.6. The number of carboxylic acids is 1. The first kappa shape index (κ1) is 21.3. The first-order valence-corrected chi connectivity index (χ1v) is 11.5. The molecule has 0 saturated carbocycles. The summed E-state index contributed by atoms with van der Waals surface area (Å²) >= 11 is 0. The van der Waals surface area contributed by atoms with Crippen molar-refractivity contribution in [2.24, 2.45) is 5.41 Å². The summed E-state index contributed by atoms with van der Waals surface area (Å²) in [6.45, 7) is 11.7. The highest BCUT2D eigenvalue weighted by Crippen LogP contribution is 2.37. The van der Waals surface area contributed by atoms with E-state index in [-0.39, 0.29) is 17.2 Å². The van der Waals surface area contributed by atoms with Crippen LogP contribution in [0.5, 0.6) is 0 Å². The Kier molecular flexibility index (Phi) is 7.29. The van der Waals surface area contributed by atoms with E-state index in [4.69, 9.17) is 4.43 Å². The third kappa shape index (κ3) is 6.57. The van der Waals surface area contributed by atoms with E-state index in [1.807, 2.05) is 6.07 Å². The number of hydrogen-bond donors (Lipinski definition) is 3. The molecule has 0 aliphatic carbocycles. The van der Waals surface area contributed by atoms with Gasteiger partial charge < -0.3 is 19.8 Å². The zero-order chi connectivity index (χ0) is 20.0. The minimum Gasteiger partial charge on any atom is -0.477 e. The lowest BCUT2D eigenvalue weighted by Crippen LogP contribution is -2.27. The molecule has 7 nitrogen and oxygen atoms in total. The van der Waals surface area contributed by atoms with E-state index in [1.165, 1.54) is 0 Å². The van der Waals surface area contributed by atoms with Gasteiger partial charge in [0, 0.05) is 31.4 Å². The average molecular weight is 390 g/mol. The molecule has 1 radical (unpaired) electrons. The second kappa shape index (κ2) is 9.25. The summed E-state index contributed by atoms with van der Waals surface area (Å²) in [5.41, 5.74) is 2.53. The van der Waals surface area contributed by atoms with Crippen LogP contribution < -0.4 is 5.32 Å². The molecule has 1 atom stereocenters. The van der Waals surface area contributed by atoms with Gasteiger partial charge in [-0.25, -0.2) is 14.8 Å². The third-order valence-electron chi connectivity index (χ3n) is 3.99. The fourth-order valence-corrected chi connectivity index (χ4v) is 3.77. The standard InChI is InChI=1S/C19H29N4O3Si/c1-19(2,3)17(26-27(4)5)13-8-15(23-16(9-13)18(24)25)11-20-7-6-14-10-21-12-22-14/h8-10,12,17,20H,6-7,11H2,1-5H3,(H,21,22)(H,24,25). The van der Waals surface area contributed by atoms with E-state index in [2.05, 4.69) is 54.1 Å². The van der Waals surface area contributed by atoms with Crippen molar-refractivity contribution in [2.45, 2.75) is 52.9 Å². The van der Waals surface area contributed by atoms with Crippen molar-refractivity contribution in [3.8, 4) is 0 Å². The first-order chi connectivity index (χ1) is 12.7. The largest absolute Gasteiger partial charge is 0.477 e. The highest BCUT2D eigenvalue weighted by Gasteiger charge is 2.29. The second-order valence-electron chi connectivity index (χ2n) is 7.86. The Morgan fingerprint density at radius 1 is 1.37 bits per heavy atom. The molecule has 0 aliphatic heterocycles. The molecule has 147 valence electrons. The molecule has 2 aromatic heterocycles. The molecule has 0 aliphatic rings. The lowest BCUT2D eigenvalue weighted by molar-refractivity contribution is 0.0686. The van der Waals surface area contributed by atoms with Crippen LogP contribution in [0.4, 0.5) is 0 Å². The van der Waals surface area contributed by atoms with Gasteiger partial charge in [0.1, 0.15) is 5.69 Å². The predicted molar refractivity (Wildman–Crippen MR) is 106 cm³/mol. The topological polar surface area (TPSA) is 100 Å². The quantitative estimate of drug-likeness (QED) is 0.450. The Balaban J connectivity index is 2.17. The molecule has 2 aromatic rings. The van der Waals surface area contributed by atoms with E-state index in [0.717, 1.165) is 24.2 Å². The fourth-order valence-electron chi connectivity index (χ4n) is 2.80. The van der Waals surface area contributed by atoms with Crippen LogP contribution in [-0.2, 0) is 17.4 Å². The summed E-state index contributed by atoms with van der Waals surface area (Å²) in [5, 5.41) is 12.8. The van der Waals surface area contributed by atoms with Crippen LogP contribution in [0, 0.1) is 5.41 Å². The first-order valence-electron chi connectivity index (χ1n) is 9.05. The maximum Gasteiger partial charge on any atom is 0.354 e. The number of H-pyrrole nitrogens is 1. The Bertz CT molecular complexity index is 742. The van der Waals surface area contributed by atoms with Gasteiger partial charge >= 0.3 is 5.97 Å². The Morgan fingerprint density at radius 2 is 2.11 bits per heavy atom. The van der Waals surface area contributed by atoms with Gasteiger partial charge in [-0.1, -0.05) is 20.8 Å². The Hall–Kier alpha value is -2.03. The number of aromatic nitrogens is 3. The molecule has 3 N–H and O–H groups in total. The van der Waals surface area contributed by atoms with Gasteiger partial charge in [-0.3, -0.25) is 0 Å². The monoisotopic (exact) mass is 389 g/mol. The van der Waals surface area contributed by atoms with Crippen LogP contribution in [0.25, 0.3) is 0 Å². The van der Waals surface area contributed by atoms with Crippen molar-refractivity contribution in [2.75, 3.05) is 6.54 Å². The molecule has 0 amide bonds. The minimum absolute atomic E-state index is 0.0525. The molecule has 0 bridgehead atoms. The number of aromatic amines is 1. The van der Waals surface area contributed by atoms with Gasteiger partial charge in [0.15, 0.2) is 0 Å². The summed E-state index contributed by atoms with van der Waals surface area (Å²) in [4.78, 5) is 22.9. The van der Waals surface area contributed by atoms with Crippen molar-refractivity contribution in [3.63, 3.8) is 0 Å². The summed E-state index contributed by atoms with van der Waals surface area (Å²) in [6.07, 6.45) is 4.09. The van der Waals surface area contributed by atoms with Gasteiger partial charge in [0.2, 0.25) is 9.04 Å². The summed E-state index contributed by atoms with van der Waals surface area (Å²) in [6, 6.07) is 3.59. The third-order valence-corrected chi connectivity index (χ3v) is 4.70. The number of hydrogen-bond acceptors (Lipinski definition) is 5. The fraction of sp³-hybridized carbons (Fsp3) is 0.526. The van der Waals surface area contributed by atoms with Crippen molar-refractivity contribution < 1.29 is 14.3 Å². The molecule has 0 fully saturated rings. The van der Waals surface area contributed by atoms with E-state index in [0.29, 0.717) is 12.2 Å². The summed E-state index contributed by atoms with van der Waals surface area (Å²) in [7, 11) is -0.946. The minimum atomic E-state index is -1.03. The molecule has 0 spiro atoms. The zero-order valence-corrected chi connectivity index (χ0v) is 17.7. The van der Waals surface area contributed by atoms with Gasteiger partial charge in [0.05, 0.1) is 18.1 Å². The molecule has 0 saturated heterocycles. The molecule has 0 aromatic carbocycles. The van der Waals surface area contributed by atoms with Crippen LogP contribution in [0.15, 0.2) is 24.7 Å². The number of nitrogens with one attached hydrogen (secondary N) is 2. The lowest BCUT2D eigenvalue weighted by Gasteiger charge is -2.33. The highest BCUT2D eigenvalue weighted by atomic mass is 28.3. The number of imidazole rings is 1. The zero-order valence-electron chi connectivity index (χ0n) is 16.7. The molecule has 27 heavy (non-hydrogen) atoms. The summed E-state index contributed by atoms with van der Waals surface area (Å²) in [5.74, 6) is -1.03. The molecule has 2 rings (SSSR count). The van der Waals surface area contributed by atoms with E-state index >= 15 is 0 Å². The van der Waals surface area contributed by atoms with Crippen molar-refractivity contribution >= 4 is 15.0 Å². The number of nitrogens with zero attached hydrogens (tertiary/aromatic N) is 2. The van der Waals surface area contributed by atoms with Crippen LogP contribution in [0.2, 0.25) is 13.1 Å². The van der Waals surface area contributed by atoms with E-state index in [9.17, 15) is 9.90 Å². The van der Waals surface area contributed by atoms with Gasteiger partial charge in [-0.2, -0.15) is 0 Å². The van der Waals surface area contributed by atoms with E-state index in [1.54, 1.807) is 18.6 Å². The molecule has 1 unspecified atom stereocenters. The van der Waals surface area contributed by atoms with Crippen molar-refractivity contribution in [3.05, 3.63) is 47.3 Å². The normalized spacial score (nSPS) is 13.1. The van der Waals surface area contributed by atoms with Crippen LogP contribution in [0.3, 0.4) is 0 Å². The Morgan fingerprint density at radius 3 is 2.67 bits per heavy atom. The summed E-state index contributed by atoms with van der Waals surface area (Å²) < 4.78 is 6.21. The smallest absolute Gasteiger partial charge is 0.354 e. The van der Waals surface area contributed by atoms with Crippen molar-refractivity contribution in [1.82, 2.24) is 20.3 Å². The highest BCUT2D eigenvalue weighted by molar-refractivity contribution is 6.48. The number of pyridine rings is 1. The maximum absolute atomic E-state index is 11.6. The predicted octanol–water partition coefficient (Wildman–Crippen LogP) is 3.19. The van der Waals surface area contributed by atoms with Crippen molar-refractivity contribution in [1.29, 1.82) is 0 Å². The van der Waals surface area contributed by atoms with Gasteiger partial charge in [-0.15, -0.1) is 0 Å². The van der Waals surface area contributed by atoms with E-state index < -0.39 is 15.0 Å². The average Bonchev–Trinajstić information content (AvgIpc) is 3.08. The Labute approximate surface area is 162 Å². The number of rotatable bonds is 9. The lowest BCUT2D eigenvalue weighted by atomic mass is 9.84.